The van der Waals surface area contributed by atoms with Gasteiger partial charge in [0.25, 0.3) is 0 Å². The third-order valence-corrected chi connectivity index (χ3v) is 5.56. The second-order valence-corrected chi connectivity index (χ2v) is 6.99. The van der Waals surface area contributed by atoms with Gasteiger partial charge >= 0.3 is 0 Å². The van der Waals surface area contributed by atoms with Crippen molar-refractivity contribution in [2.24, 2.45) is 23.7 Å². The Morgan fingerprint density at radius 1 is 1.00 bits per heavy atom. The maximum Gasteiger partial charge on any atom is 0.117 e. The zero-order valence-electron chi connectivity index (χ0n) is 11.8. The fourth-order valence-corrected chi connectivity index (χ4v) is 5.22. The second-order valence-electron chi connectivity index (χ2n) is 6.99. The summed E-state index contributed by atoms with van der Waals surface area (Å²) in [4.78, 5) is 2.32. The second kappa shape index (κ2) is 4.30. The summed E-state index contributed by atoms with van der Waals surface area (Å²) >= 11 is 0. The average molecular weight is 244 g/mol. The van der Waals surface area contributed by atoms with Crippen LogP contribution in [0.1, 0.15) is 46.0 Å². The Bertz CT molecular complexity index is 383. The molecular formula is C16H24N2. The Labute approximate surface area is 111 Å². The fourth-order valence-electron chi connectivity index (χ4n) is 5.22. The van der Waals surface area contributed by atoms with E-state index in [4.69, 9.17) is 0 Å². The number of nitrogens with zero attached hydrogens (tertiary/aromatic N) is 2. The van der Waals surface area contributed by atoms with Crippen LogP contribution in [-0.4, -0.2) is 18.0 Å². The summed E-state index contributed by atoms with van der Waals surface area (Å²) in [7, 11) is 2.15. The smallest absolute Gasteiger partial charge is 0.117 e. The Morgan fingerprint density at radius 2 is 1.50 bits per heavy atom. The molecule has 0 amide bonds. The van der Waals surface area contributed by atoms with E-state index in [-0.39, 0.29) is 0 Å². The van der Waals surface area contributed by atoms with E-state index in [1.165, 1.54) is 32.1 Å². The van der Waals surface area contributed by atoms with Crippen LogP contribution in [0.25, 0.3) is 0 Å². The molecular weight excluding hydrogens is 220 g/mol. The Hall–Kier alpha value is -0.970. The SMILES string of the molecule is CC(C)=C(C#N)N(C)C1C2CC3CC(C2)CC1C3. The van der Waals surface area contributed by atoms with Gasteiger partial charge in [-0.05, 0) is 75.2 Å². The van der Waals surface area contributed by atoms with Crippen LogP contribution in [-0.2, 0) is 0 Å². The first-order valence-electron chi connectivity index (χ1n) is 7.40. The lowest BCUT2D eigenvalue weighted by molar-refractivity contribution is -0.0467. The summed E-state index contributed by atoms with van der Waals surface area (Å²) in [6, 6.07) is 3.06. The highest BCUT2D eigenvalue weighted by Crippen LogP contribution is 2.55. The van der Waals surface area contributed by atoms with Crippen LogP contribution in [0.2, 0.25) is 0 Å². The van der Waals surface area contributed by atoms with Crippen LogP contribution in [0.5, 0.6) is 0 Å². The first-order valence-corrected chi connectivity index (χ1v) is 7.40. The third-order valence-electron chi connectivity index (χ3n) is 5.56. The van der Waals surface area contributed by atoms with Gasteiger partial charge in [0.15, 0.2) is 0 Å². The fraction of sp³-hybridized carbons (Fsp3) is 0.812. The van der Waals surface area contributed by atoms with E-state index in [2.05, 4.69) is 31.9 Å². The summed E-state index contributed by atoms with van der Waals surface area (Å²) in [5, 5.41) is 9.37. The highest BCUT2D eigenvalue weighted by molar-refractivity contribution is 5.25. The van der Waals surface area contributed by atoms with Crippen molar-refractivity contribution in [2.75, 3.05) is 7.05 Å². The Kier molecular flexibility index (Phi) is 2.88. The number of allylic oxidation sites excluding steroid dienone is 2. The van der Waals surface area contributed by atoms with Crippen molar-refractivity contribution in [1.29, 1.82) is 5.26 Å². The van der Waals surface area contributed by atoms with Gasteiger partial charge in [0.1, 0.15) is 11.8 Å². The molecule has 4 rings (SSSR count). The molecule has 0 atom stereocenters. The van der Waals surface area contributed by atoms with Crippen LogP contribution in [0, 0.1) is 35.0 Å². The van der Waals surface area contributed by atoms with E-state index in [9.17, 15) is 5.26 Å². The maximum absolute atomic E-state index is 9.37. The lowest BCUT2D eigenvalue weighted by Crippen LogP contribution is -2.54. The first kappa shape index (κ1) is 12.1. The molecule has 4 saturated carbocycles. The van der Waals surface area contributed by atoms with Crippen molar-refractivity contribution in [3.8, 4) is 6.07 Å². The summed E-state index contributed by atoms with van der Waals surface area (Å²) in [6.07, 6.45) is 7.18. The van der Waals surface area contributed by atoms with Crippen molar-refractivity contribution >= 4 is 0 Å². The van der Waals surface area contributed by atoms with Gasteiger partial charge in [0.05, 0.1) is 0 Å². The van der Waals surface area contributed by atoms with Gasteiger partial charge in [0.2, 0.25) is 0 Å². The Balaban J connectivity index is 1.85. The minimum absolute atomic E-state index is 0.641. The average Bonchev–Trinajstić information content (AvgIpc) is 2.27. The van der Waals surface area contributed by atoms with E-state index in [0.29, 0.717) is 6.04 Å². The van der Waals surface area contributed by atoms with E-state index in [1.54, 1.807) is 0 Å². The molecule has 0 aromatic rings. The van der Waals surface area contributed by atoms with Crippen molar-refractivity contribution in [2.45, 2.75) is 52.0 Å². The molecule has 4 fully saturated rings. The normalized spacial score (nSPS) is 40.4. The molecule has 4 aliphatic rings. The standard InChI is InChI=1S/C16H24N2/c1-10(2)15(9-17)18(3)16-13-5-11-4-12(7-13)8-14(16)6-11/h11-14,16H,4-8H2,1-3H3. The summed E-state index contributed by atoms with van der Waals surface area (Å²) in [5.74, 6) is 3.73. The molecule has 18 heavy (non-hydrogen) atoms. The molecule has 0 unspecified atom stereocenters. The molecule has 0 heterocycles. The van der Waals surface area contributed by atoms with E-state index in [0.717, 1.165) is 34.9 Å². The predicted octanol–water partition coefficient (Wildman–Crippen LogP) is 3.56. The molecule has 4 bridgehead atoms. The van der Waals surface area contributed by atoms with Crippen molar-refractivity contribution < 1.29 is 0 Å². The molecule has 0 radical (unpaired) electrons. The topological polar surface area (TPSA) is 27.0 Å². The summed E-state index contributed by atoms with van der Waals surface area (Å²) in [6.45, 7) is 4.12. The Morgan fingerprint density at radius 3 is 1.89 bits per heavy atom. The van der Waals surface area contributed by atoms with Crippen molar-refractivity contribution in [3.05, 3.63) is 11.3 Å². The van der Waals surface area contributed by atoms with Crippen molar-refractivity contribution in [1.82, 2.24) is 4.90 Å². The molecule has 2 nitrogen and oxygen atoms in total. The lowest BCUT2D eigenvalue weighted by Gasteiger charge is -2.57. The van der Waals surface area contributed by atoms with E-state index in [1.807, 2.05) is 0 Å². The number of nitriles is 1. The number of rotatable bonds is 2. The van der Waals surface area contributed by atoms with Gasteiger partial charge in [-0.25, -0.2) is 0 Å². The minimum Gasteiger partial charge on any atom is -0.363 e. The van der Waals surface area contributed by atoms with Gasteiger partial charge in [-0.15, -0.1) is 0 Å². The van der Waals surface area contributed by atoms with E-state index >= 15 is 0 Å². The zero-order chi connectivity index (χ0) is 12.9. The number of hydrogen-bond acceptors (Lipinski definition) is 2. The van der Waals surface area contributed by atoms with Crippen LogP contribution in [0.4, 0.5) is 0 Å². The highest BCUT2D eigenvalue weighted by Gasteiger charge is 2.49. The van der Waals surface area contributed by atoms with Gasteiger partial charge in [0, 0.05) is 13.1 Å². The van der Waals surface area contributed by atoms with Crippen molar-refractivity contribution in [3.63, 3.8) is 0 Å². The van der Waals surface area contributed by atoms with Crippen LogP contribution in [0.3, 0.4) is 0 Å². The highest BCUT2D eigenvalue weighted by atomic mass is 15.2. The van der Waals surface area contributed by atoms with Crippen LogP contribution >= 0.6 is 0 Å². The minimum atomic E-state index is 0.641. The van der Waals surface area contributed by atoms with Gasteiger partial charge in [-0.1, -0.05) is 0 Å². The molecule has 4 aliphatic carbocycles. The monoisotopic (exact) mass is 244 g/mol. The van der Waals surface area contributed by atoms with E-state index < -0.39 is 0 Å². The van der Waals surface area contributed by atoms with Crippen LogP contribution in [0.15, 0.2) is 11.3 Å². The molecule has 0 N–H and O–H groups in total. The van der Waals surface area contributed by atoms with Crippen LogP contribution < -0.4 is 0 Å². The quantitative estimate of drug-likeness (QED) is 0.694. The molecule has 2 heteroatoms. The first-order chi connectivity index (χ1) is 8.60. The van der Waals surface area contributed by atoms with Gasteiger partial charge in [-0.3, -0.25) is 0 Å². The van der Waals surface area contributed by atoms with Gasteiger partial charge < -0.3 is 4.90 Å². The largest absolute Gasteiger partial charge is 0.363 e. The molecule has 0 aromatic heterocycles. The molecule has 0 spiro atoms. The predicted molar refractivity (Wildman–Crippen MR) is 72.6 cm³/mol. The molecule has 0 aliphatic heterocycles. The van der Waals surface area contributed by atoms with Gasteiger partial charge in [-0.2, -0.15) is 5.26 Å². The zero-order valence-corrected chi connectivity index (χ0v) is 11.8. The summed E-state index contributed by atoms with van der Waals surface area (Å²) < 4.78 is 0. The third kappa shape index (κ3) is 1.76. The molecule has 0 saturated heterocycles. The summed E-state index contributed by atoms with van der Waals surface area (Å²) in [5.41, 5.74) is 2.07. The number of hydrogen-bond donors (Lipinski definition) is 0. The maximum atomic E-state index is 9.37. The molecule has 0 aromatic carbocycles. The lowest BCUT2D eigenvalue weighted by atomic mass is 9.54. The molecule has 98 valence electrons.